The van der Waals surface area contributed by atoms with E-state index in [0.717, 1.165) is 25.4 Å². The molecular formula is C23H31N3O3. The number of rotatable bonds is 3. The highest BCUT2D eigenvalue weighted by Crippen LogP contribution is 2.44. The Morgan fingerprint density at radius 2 is 1.93 bits per heavy atom. The molecule has 4 aliphatic heterocycles. The molecular weight excluding hydrogens is 366 g/mol. The zero-order chi connectivity index (χ0) is 20.0. The largest absolute Gasteiger partial charge is 0.497 e. The molecule has 2 amide bonds. The van der Waals surface area contributed by atoms with Crippen molar-refractivity contribution in [2.45, 2.75) is 56.7 Å². The molecule has 4 heterocycles. The molecule has 0 radical (unpaired) electrons. The second-order valence-corrected chi connectivity index (χ2v) is 9.25. The van der Waals surface area contributed by atoms with Gasteiger partial charge in [0, 0.05) is 38.1 Å². The number of piperidine rings is 3. The number of amides is 2. The zero-order valence-corrected chi connectivity index (χ0v) is 17.2. The maximum Gasteiger partial charge on any atom is 0.245 e. The zero-order valence-electron chi connectivity index (χ0n) is 17.2. The minimum absolute atomic E-state index is 0.0151. The lowest BCUT2D eigenvalue weighted by Gasteiger charge is -2.55. The second kappa shape index (κ2) is 7.63. The Morgan fingerprint density at radius 1 is 1.10 bits per heavy atom. The molecule has 0 unspecified atom stereocenters. The number of ether oxygens (including phenoxy) is 1. The summed E-state index contributed by atoms with van der Waals surface area (Å²) in [6.45, 7) is 2.75. The van der Waals surface area contributed by atoms with Gasteiger partial charge in [-0.3, -0.25) is 14.5 Å². The van der Waals surface area contributed by atoms with E-state index in [-0.39, 0.29) is 17.9 Å². The first-order valence-electron chi connectivity index (χ1n) is 11.1. The van der Waals surface area contributed by atoms with Crippen molar-refractivity contribution >= 4 is 11.8 Å². The highest BCUT2D eigenvalue weighted by Gasteiger charge is 2.46. The molecule has 5 rings (SSSR count). The number of benzene rings is 1. The standard InChI is InChI=1S/C23H31N3O3/c1-29-18-7-5-16(6-8-18)20-3-2-4-21-17-11-15(13-26(20)21)12-25(14-17)23(28)19-9-10-22(27)24-19/h5-8,15,17,19-21H,2-4,9-14H2,1H3,(H,24,27)/t15-,17+,19+,20+,21-/m0/s1. The maximum absolute atomic E-state index is 13.0. The summed E-state index contributed by atoms with van der Waals surface area (Å²) in [6.07, 6.45) is 6.05. The molecule has 0 aromatic heterocycles. The third-order valence-corrected chi connectivity index (χ3v) is 7.49. The average Bonchev–Trinajstić information content (AvgIpc) is 3.19. The highest BCUT2D eigenvalue weighted by atomic mass is 16.5. The number of carbonyl (C=O) groups excluding carboxylic acids is 2. The molecule has 0 spiro atoms. The molecule has 2 bridgehead atoms. The number of nitrogens with zero attached hydrogens (tertiary/aromatic N) is 2. The van der Waals surface area contributed by atoms with Gasteiger partial charge in [-0.25, -0.2) is 0 Å². The van der Waals surface area contributed by atoms with Gasteiger partial charge in [-0.05, 0) is 61.6 Å². The SMILES string of the molecule is COc1ccc([C@H]2CCC[C@H]3[C@@H]4C[C@@H](CN(C(=O)[C@H]5CCC(=O)N5)C4)CN23)cc1. The van der Waals surface area contributed by atoms with E-state index in [1.807, 2.05) is 0 Å². The van der Waals surface area contributed by atoms with Crippen LogP contribution >= 0.6 is 0 Å². The summed E-state index contributed by atoms with van der Waals surface area (Å²) in [4.78, 5) is 29.3. The van der Waals surface area contributed by atoms with Gasteiger partial charge in [0.2, 0.25) is 11.8 Å². The number of methoxy groups -OCH3 is 1. The van der Waals surface area contributed by atoms with Gasteiger partial charge in [0.15, 0.2) is 0 Å². The molecule has 156 valence electrons. The van der Waals surface area contributed by atoms with Crippen LogP contribution in [0.3, 0.4) is 0 Å². The molecule has 1 N–H and O–H groups in total. The summed E-state index contributed by atoms with van der Waals surface area (Å²) >= 11 is 0. The van der Waals surface area contributed by atoms with Gasteiger partial charge in [0.05, 0.1) is 7.11 Å². The van der Waals surface area contributed by atoms with Crippen molar-refractivity contribution in [1.82, 2.24) is 15.1 Å². The quantitative estimate of drug-likeness (QED) is 0.851. The Labute approximate surface area is 172 Å². The molecule has 0 saturated carbocycles. The highest BCUT2D eigenvalue weighted by molar-refractivity contribution is 5.90. The summed E-state index contributed by atoms with van der Waals surface area (Å²) in [5.74, 6) is 2.14. The van der Waals surface area contributed by atoms with E-state index in [4.69, 9.17) is 4.74 Å². The molecule has 5 atom stereocenters. The van der Waals surface area contributed by atoms with Crippen molar-refractivity contribution in [2.24, 2.45) is 11.8 Å². The first-order valence-corrected chi connectivity index (χ1v) is 11.1. The monoisotopic (exact) mass is 397 g/mol. The normalized spacial score (nSPS) is 34.4. The summed E-state index contributed by atoms with van der Waals surface area (Å²) in [5.41, 5.74) is 1.39. The number of nitrogens with one attached hydrogen (secondary N) is 1. The summed E-state index contributed by atoms with van der Waals surface area (Å²) in [6, 6.07) is 9.31. The summed E-state index contributed by atoms with van der Waals surface area (Å²) in [7, 11) is 1.71. The number of hydrogen-bond donors (Lipinski definition) is 1. The van der Waals surface area contributed by atoms with Gasteiger partial charge < -0.3 is 15.0 Å². The fourth-order valence-electron chi connectivity index (χ4n) is 6.19. The summed E-state index contributed by atoms with van der Waals surface area (Å²) in [5, 5.41) is 2.86. The molecule has 6 nitrogen and oxygen atoms in total. The summed E-state index contributed by atoms with van der Waals surface area (Å²) < 4.78 is 5.33. The molecule has 4 aliphatic rings. The topological polar surface area (TPSA) is 61.9 Å². The van der Waals surface area contributed by atoms with Crippen molar-refractivity contribution in [3.05, 3.63) is 29.8 Å². The van der Waals surface area contributed by atoms with Gasteiger partial charge in [0.25, 0.3) is 0 Å². The third-order valence-electron chi connectivity index (χ3n) is 7.49. The fraction of sp³-hybridized carbons (Fsp3) is 0.652. The predicted octanol–water partition coefficient (Wildman–Crippen LogP) is 2.35. The molecule has 4 saturated heterocycles. The van der Waals surface area contributed by atoms with Crippen molar-refractivity contribution in [1.29, 1.82) is 0 Å². The molecule has 4 fully saturated rings. The second-order valence-electron chi connectivity index (χ2n) is 9.25. The number of fused-ring (bicyclic) bond motifs is 4. The van der Waals surface area contributed by atoms with E-state index in [2.05, 4.69) is 39.4 Å². The minimum Gasteiger partial charge on any atom is -0.497 e. The Morgan fingerprint density at radius 3 is 2.66 bits per heavy atom. The molecule has 1 aromatic carbocycles. The maximum atomic E-state index is 13.0. The van der Waals surface area contributed by atoms with E-state index >= 15 is 0 Å². The lowest BCUT2D eigenvalue weighted by atomic mass is 9.73. The predicted molar refractivity (Wildman–Crippen MR) is 109 cm³/mol. The Kier molecular flexibility index (Phi) is 4.98. The van der Waals surface area contributed by atoms with Crippen LogP contribution in [0, 0.1) is 11.8 Å². The van der Waals surface area contributed by atoms with Gasteiger partial charge in [-0.15, -0.1) is 0 Å². The number of hydrogen-bond acceptors (Lipinski definition) is 4. The lowest BCUT2D eigenvalue weighted by Crippen LogP contribution is -2.61. The van der Waals surface area contributed by atoms with Gasteiger partial charge in [0.1, 0.15) is 11.8 Å². The molecule has 1 aromatic rings. The first kappa shape index (κ1) is 18.9. The first-order chi connectivity index (χ1) is 14.1. The molecule has 0 aliphatic carbocycles. The molecule has 6 heteroatoms. The van der Waals surface area contributed by atoms with Gasteiger partial charge >= 0.3 is 0 Å². The average molecular weight is 398 g/mol. The van der Waals surface area contributed by atoms with Crippen LogP contribution in [0.5, 0.6) is 5.75 Å². The minimum atomic E-state index is -0.296. The Hall–Kier alpha value is -2.08. The van der Waals surface area contributed by atoms with E-state index in [1.54, 1.807) is 7.11 Å². The number of carbonyl (C=O) groups is 2. The van der Waals surface area contributed by atoms with Crippen molar-refractivity contribution in [3.8, 4) is 5.75 Å². The van der Waals surface area contributed by atoms with Crippen LogP contribution < -0.4 is 10.1 Å². The van der Waals surface area contributed by atoms with Crippen LogP contribution in [0.2, 0.25) is 0 Å². The van der Waals surface area contributed by atoms with Crippen molar-refractivity contribution < 1.29 is 14.3 Å². The van der Waals surface area contributed by atoms with E-state index in [9.17, 15) is 9.59 Å². The van der Waals surface area contributed by atoms with E-state index < -0.39 is 0 Å². The van der Waals surface area contributed by atoms with Crippen LogP contribution in [-0.2, 0) is 9.59 Å². The smallest absolute Gasteiger partial charge is 0.245 e. The van der Waals surface area contributed by atoms with Crippen LogP contribution in [0.4, 0.5) is 0 Å². The van der Waals surface area contributed by atoms with Crippen LogP contribution in [0.25, 0.3) is 0 Å². The van der Waals surface area contributed by atoms with Crippen molar-refractivity contribution in [3.63, 3.8) is 0 Å². The van der Waals surface area contributed by atoms with E-state index in [1.165, 1.54) is 31.2 Å². The van der Waals surface area contributed by atoms with Gasteiger partial charge in [-0.2, -0.15) is 0 Å². The van der Waals surface area contributed by atoms with E-state index in [0.29, 0.717) is 36.8 Å². The van der Waals surface area contributed by atoms with Crippen LogP contribution in [-0.4, -0.2) is 60.4 Å². The lowest BCUT2D eigenvalue weighted by molar-refractivity contribution is -0.141. The van der Waals surface area contributed by atoms with Crippen LogP contribution in [0.15, 0.2) is 24.3 Å². The van der Waals surface area contributed by atoms with Crippen LogP contribution in [0.1, 0.15) is 50.1 Å². The van der Waals surface area contributed by atoms with Crippen molar-refractivity contribution in [2.75, 3.05) is 26.7 Å². The Bertz CT molecular complexity index is 780. The molecule has 29 heavy (non-hydrogen) atoms. The Balaban J connectivity index is 1.31. The van der Waals surface area contributed by atoms with Gasteiger partial charge in [-0.1, -0.05) is 12.1 Å². The third kappa shape index (κ3) is 3.52. The fourth-order valence-corrected chi connectivity index (χ4v) is 6.19. The number of likely N-dealkylation sites (tertiary alicyclic amines) is 1.